The Labute approximate surface area is 619 Å². The number of hydrogen-bond acceptors (Lipinski definition) is 15. The normalized spacial score (nSPS) is 14.5. The van der Waals surface area contributed by atoms with Crippen molar-refractivity contribution in [1.29, 1.82) is 0 Å². The van der Waals surface area contributed by atoms with Gasteiger partial charge in [0.2, 0.25) is 0 Å². The van der Waals surface area contributed by atoms with Gasteiger partial charge in [-0.25, -0.2) is 9.13 Å². The van der Waals surface area contributed by atoms with Crippen LogP contribution < -0.4 is 0 Å². The molecule has 0 rings (SSSR count). The SMILES string of the molecule is CC/C=C\C/C=C\C/C=C\C/C=C\CCCCCCC(=O)OCC(COP(=O)(O)OCC(O)COP(=O)(O)OCC(COC(=O)CCCCCCCC/C=C\C/C=C\C/C=C\CCCCC)OC(=O)CCCCCCC/C=C\CCCC)OC(=O)CCCCCCC/C=C\CCCCCCCC. The van der Waals surface area contributed by atoms with Crippen LogP contribution in [0.15, 0.2) is 109 Å². The largest absolute Gasteiger partial charge is 0.472 e. The van der Waals surface area contributed by atoms with Crippen molar-refractivity contribution in [2.75, 3.05) is 39.6 Å². The fraction of sp³-hybridized carbons (Fsp3) is 0.735. The van der Waals surface area contributed by atoms with Gasteiger partial charge >= 0.3 is 39.5 Å². The van der Waals surface area contributed by atoms with Crippen molar-refractivity contribution in [2.24, 2.45) is 0 Å². The second-order valence-corrected chi connectivity index (χ2v) is 29.5. The van der Waals surface area contributed by atoms with Crippen LogP contribution in [0.2, 0.25) is 0 Å². The van der Waals surface area contributed by atoms with E-state index >= 15 is 0 Å². The summed E-state index contributed by atoms with van der Waals surface area (Å²) in [5.41, 5.74) is 0. The lowest BCUT2D eigenvalue weighted by molar-refractivity contribution is -0.161. The van der Waals surface area contributed by atoms with Gasteiger partial charge in [-0.1, -0.05) is 272 Å². The van der Waals surface area contributed by atoms with E-state index in [9.17, 15) is 43.2 Å². The molecule has 0 spiro atoms. The molecule has 0 aromatic heterocycles. The van der Waals surface area contributed by atoms with Crippen LogP contribution in [0, 0.1) is 0 Å². The number of carbonyl (C=O) groups is 4. The monoisotopic (exact) mass is 1470 g/mol. The van der Waals surface area contributed by atoms with E-state index in [1.165, 1.54) is 70.6 Å². The van der Waals surface area contributed by atoms with E-state index < -0.39 is 97.5 Å². The third-order valence-electron chi connectivity index (χ3n) is 16.7. The third-order valence-corrected chi connectivity index (χ3v) is 18.6. The van der Waals surface area contributed by atoms with Gasteiger partial charge in [0.25, 0.3) is 0 Å². The highest BCUT2D eigenvalue weighted by Crippen LogP contribution is 2.45. The van der Waals surface area contributed by atoms with Crippen LogP contribution in [-0.2, 0) is 65.4 Å². The van der Waals surface area contributed by atoms with E-state index in [2.05, 4.69) is 137 Å². The molecule has 0 bridgehead atoms. The number of esters is 4. The molecule has 0 fully saturated rings. The van der Waals surface area contributed by atoms with E-state index in [1.807, 2.05) is 0 Å². The van der Waals surface area contributed by atoms with Crippen LogP contribution in [0.25, 0.3) is 0 Å². The molecule has 3 N–H and O–H groups in total. The predicted octanol–water partition coefficient (Wildman–Crippen LogP) is 23.3. The van der Waals surface area contributed by atoms with Crippen molar-refractivity contribution in [2.45, 2.75) is 354 Å². The summed E-state index contributed by atoms with van der Waals surface area (Å²) in [5, 5.41) is 10.6. The molecule has 0 aromatic carbocycles. The van der Waals surface area contributed by atoms with E-state index in [4.69, 9.17) is 37.0 Å². The van der Waals surface area contributed by atoms with Crippen molar-refractivity contribution < 1.29 is 80.2 Å². The molecular weight excluding hydrogens is 1330 g/mol. The van der Waals surface area contributed by atoms with E-state index in [0.29, 0.717) is 25.7 Å². The quantitative estimate of drug-likeness (QED) is 0.0169. The van der Waals surface area contributed by atoms with Gasteiger partial charge < -0.3 is 33.8 Å². The zero-order valence-corrected chi connectivity index (χ0v) is 66.0. The number of ether oxygens (including phenoxy) is 4. The van der Waals surface area contributed by atoms with E-state index in [0.717, 1.165) is 186 Å². The fourth-order valence-electron chi connectivity index (χ4n) is 10.5. The average molecular weight is 1480 g/mol. The average Bonchev–Trinajstić information content (AvgIpc) is 0.944. The number of carbonyl (C=O) groups excluding carboxylic acids is 4. The molecule has 5 unspecified atom stereocenters. The second kappa shape index (κ2) is 75.0. The summed E-state index contributed by atoms with van der Waals surface area (Å²) in [5.74, 6) is -2.22. The van der Waals surface area contributed by atoms with Gasteiger partial charge in [-0.3, -0.25) is 37.3 Å². The van der Waals surface area contributed by atoms with Gasteiger partial charge in [-0.2, -0.15) is 0 Å². The van der Waals surface area contributed by atoms with Crippen LogP contribution in [0.1, 0.15) is 336 Å². The minimum absolute atomic E-state index is 0.0787. The lowest BCUT2D eigenvalue weighted by Crippen LogP contribution is -2.30. The first-order valence-corrected chi connectivity index (χ1v) is 43.1. The van der Waals surface area contributed by atoms with Gasteiger partial charge in [0.1, 0.15) is 19.3 Å². The van der Waals surface area contributed by atoms with E-state index in [-0.39, 0.29) is 25.7 Å². The Kier molecular flexibility index (Phi) is 71.8. The smallest absolute Gasteiger partial charge is 0.462 e. The van der Waals surface area contributed by atoms with Crippen molar-refractivity contribution in [1.82, 2.24) is 0 Å². The molecule has 17 nitrogen and oxygen atoms in total. The topological polar surface area (TPSA) is 237 Å². The first kappa shape index (κ1) is 97.7. The van der Waals surface area contributed by atoms with Gasteiger partial charge in [0, 0.05) is 25.7 Å². The molecule has 0 heterocycles. The lowest BCUT2D eigenvalue weighted by Gasteiger charge is -2.21. The summed E-state index contributed by atoms with van der Waals surface area (Å²) < 4.78 is 68.5. The number of rotatable bonds is 75. The number of allylic oxidation sites excluding steroid dienone is 18. The summed E-state index contributed by atoms with van der Waals surface area (Å²) in [7, 11) is -9.97. The summed E-state index contributed by atoms with van der Waals surface area (Å²) in [6.45, 7) is 4.66. The Hall–Kier alpha value is -4.28. The van der Waals surface area contributed by atoms with Crippen molar-refractivity contribution >= 4 is 39.5 Å². The fourth-order valence-corrected chi connectivity index (χ4v) is 12.1. The molecule has 0 aliphatic carbocycles. The number of aliphatic hydroxyl groups excluding tert-OH is 1. The standard InChI is InChI=1S/C83H144O17P2/c1-5-9-13-17-21-25-29-32-35-37-38-40-43-45-49-52-56-60-64-68-80(85)93-73-78(99-82(87)69-65-61-57-53-47-28-24-20-16-12-8-4)75-97-101(89,90)95-71-77(84)72-96-102(91,92)98-76-79(100-83(88)70-66-62-58-54-50-46-41-34-31-27-23-19-15-11-7-3)74-94-81(86)67-63-59-55-51-48-44-42-39-36-33-30-26-22-18-14-10-6-2/h10,14,20-22,24-26,32-36,38,40-42,44,77-79,84H,5-9,11-13,15-19,23,27-31,37,39,43,45-76H2,1-4H3,(H,89,90)(H,91,92)/b14-10-,24-20-,25-21-,26-22-,35-32-,36-33-,40-38-,41-34-,44-42-. The molecule has 0 aliphatic rings. The van der Waals surface area contributed by atoms with Crippen molar-refractivity contribution in [3.63, 3.8) is 0 Å². The predicted molar refractivity (Wildman–Crippen MR) is 418 cm³/mol. The molecule has 0 radical (unpaired) electrons. The summed E-state index contributed by atoms with van der Waals surface area (Å²) in [4.78, 5) is 73.0. The maximum Gasteiger partial charge on any atom is 0.472 e. The van der Waals surface area contributed by atoms with Crippen LogP contribution >= 0.6 is 15.6 Å². The number of aliphatic hydroxyl groups is 1. The Morgan fingerprint density at radius 2 is 0.520 bits per heavy atom. The molecule has 5 atom stereocenters. The molecular formula is C83H144O17P2. The molecule has 0 saturated carbocycles. The van der Waals surface area contributed by atoms with Gasteiger partial charge in [0.05, 0.1) is 26.4 Å². The van der Waals surface area contributed by atoms with Crippen LogP contribution in [-0.4, -0.2) is 96.7 Å². The maximum absolute atomic E-state index is 13.1. The Morgan fingerprint density at radius 1 is 0.284 bits per heavy atom. The number of phosphoric ester groups is 2. The van der Waals surface area contributed by atoms with Crippen molar-refractivity contribution in [3.05, 3.63) is 109 Å². The Balaban J connectivity index is 5.34. The highest BCUT2D eigenvalue weighted by molar-refractivity contribution is 7.47. The lowest BCUT2D eigenvalue weighted by atomic mass is 10.1. The first-order chi connectivity index (χ1) is 49.7. The highest BCUT2D eigenvalue weighted by atomic mass is 31.2. The zero-order chi connectivity index (χ0) is 74.6. The van der Waals surface area contributed by atoms with Crippen LogP contribution in [0.5, 0.6) is 0 Å². The minimum atomic E-state index is -4.98. The summed E-state index contributed by atoms with van der Waals surface area (Å²) in [6, 6.07) is 0. The van der Waals surface area contributed by atoms with Gasteiger partial charge in [-0.15, -0.1) is 0 Å². The molecule has 0 aliphatic heterocycles. The molecule has 588 valence electrons. The summed E-state index contributed by atoms with van der Waals surface area (Å²) in [6.07, 6.45) is 80.7. The number of hydrogen-bond donors (Lipinski definition) is 3. The summed E-state index contributed by atoms with van der Waals surface area (Å²) >= 11 is 0. The third kappa shape index (κ3) is 74.0. The van der Waals surface area contributed by atoms with Crippen LogP contribution in [0.4, 0.5) is 0 Å². The number of phosphoric acid groups is 2. The molecule has 102 heavy (non-hydrogen) atoms. The van der Waals surface area contributed by atoms with E-state index in [1.54, 1.807) is 0 Å². The van der Waals surface area contributed by atoms with Crippen molar-refractivity contribution in [3.8, 4) is 0 Å². The van der Waals surface area contributed by atoms with Gasteiger partial charge in [0.15, 0.2) is 12.2 Å². The maximum atomic E-state index is 13.1. The Morgan fingerprint density at radius 3 is 0.843 bits per heavy atom. The molecule has 0 aromatic rings. The zero-order valence-electron chi connectivity index (χ0n) is 64.3. The minimum Gasteiger partial charge on any atom is -0.462 e. The van der Waals surface area contributed by atoms with Gasteiger partial charge in [-0.05, 0) is 148 Å². The molecule has 19 heteroatoms. The molecule has 0 saturated heterocycles. The first-order valence-electron chi connectivity index (χ1n) is 40.1. The highest BCUT2D eigenvalue weighted by Gasteiger charge is 2.30. The van der Waals surface area contributed by atoms with Crippen LogP contribution in [0.3, 0.4) is 0 Å². The Bertz CT molecular complexity index is 2360. The second-order valence-electron chi connectivity index (χ2n) is 26.6. The molecule has 0 amide bonds. The number of unbranched alkanes of at least 4 members (excludes halogenated alkanes) is 31.